The van der Waals surface area contributed by atoms with Gasteiger partial charge in [0.15, 0.2) is 0 Å². The standard InChI is InChI=1S/C17H21OPS/c1-17(12-5-4-11-16(17)20)18-19-15-10-6-8-13-7-2-3-9-14(13)15/h2-3,6-10,16,19-20H,4-5,11-12H2,1H3. The van der Waals surface area contributed by atoms with Crippen molar-refractivity contribution in [1.82, 2.24) is 0 Å². The Bertz CT molecular complexity index is 595. The van der Waals surface area contributed by atoms with Gasteiger partial charge in [-0.25, -0.2) is 0 Å². The first-order valence-electron chi connectivity index (χ1n) is 7.29. The second-order valence-corrected chi connectivity index (χ2v) is 7.38. The number of thiol groups is 1. The molecule has 0 saturated heterocycles. The van der Waals surface area contributed by atoms with E-state index >= 15 is 0 Å². The van der Waals surface area contributed by atoms with Gasteiger partial charge in [0.05, 0.1) is 5.60 Å². The maximum Gasteiger partial charge on any atom is 0.0813 e. The Morgan fingerprint density at radius 3 is 2.80 bits per heavy atom. The highest BCUT2D eigenvalue weighted by molar-refractivity contribution is 7.81. The second kappa shape index (κ2) is 6.05. The highest BCUT2D eigenvalue weighted by atomic mass is 32.1. The van der Waals surface area contributed by atoms with Crippen LogP contribution < -0.4 is 5.30 Å². The highest BCUT2D eigenvalue weighted by Gasteiger charge is 2.35. The molecule has 0 spiro atoms. The Hall–Kier alpha value is -0.560. The number of hydrogen-bond acceptors (Lipinski definition) is 2. The molecule has 1 aliphatic carbocycles. The van der Waals surface area contributed by atoms with E-state index in [0.717, 1.165) is 6.42 Å². The van der Waals surface area contributed by atoms with Crippen molar-refractivity contribution in [2.24, 2.45) is 0 Å². The third kappa shape index (κ3) is 2.88. The molecular weight excluding hydrogens is 283 g/mol. The van der Waals surface area contributed by atoms with Gasteiger partial charge in [-0.1, -0.05) is 55.3 Å². The van der Waals surface area contributed by atoms with Gasteiger partial charge in [0.25, 0.3) is 0 Å². The molecule has 2 aromatic carbocycles. The third-order valence-corrected chi connectivity index (χ3v) is 6.32. The van der Waals surface area contributed by atoms with E-state index in [0.29, 0.717) is 14.1 Å². The molecule has 1 nitrogen and oxygen atoms in total. The first-order chi connectivity index (χ1) is 9.69. The average molecular weight is 304 g/mol. The Morgan fingerprint density at radius 1 is 1.15 bits per heavy atom. The lowest BCUT2D eigenvalue weighted by Gasteiger charge is -2.38. The Morgan fingerprint density at radius 2 is 1.95 bits per heavy atom. The lowest BCUT2D eigenvalue weighted by molar-refractivity contribution is 0.0757. The van der Waals surface area contributed by atoms with Crippen molar-refractivity contribution < 1.29 is 4.52 Å². The monoisotopic (exact) mass is 304 g/mol. The van der Waals surface area contributed by atoms with Crippen LogP contribution in [-0.4, -0.2) is 10.9 Å². The summed E-state index contributed by atoms with van der Waals surface area (Å²) in [4.78, 5) is 0. The lowest BCUT2D eigenvalue weighted by atomic mass is 9.86. The first-order valence-corrected chi connectivity index (χ1v) is 8.71. The predicted octanol–water partition coefficient (Wildman–Crippen LogP) is 4.71. The maximum absolute atomic E-state index is 6.33. The molecule has 2 aromatic rings. The van der Waals surface area contributed by atoms with Gasteiger partial charge < -0.3 is 4.52 Å². The van der Waals surface area contributed by atoms with Gasteiger partial charge in [-0.2, -0.15) is 12.6 Å². The van der Waals surface area contributed by atoms with E-state index in [1.165, 1.54) is 35.3 Å². The van der Waals surface area contributed by atoms with Gasteiger partial charge in [-0.05, 0) is 30.5 Å². The van der Waals surface area contributed by atoms with Crippen molar-refractivity contribution in [3.63, 3.8) is 0 Å². The van der Waals surface area contributed by atoms with Gasteiger partial charge in [-0.3, -0.25) is 0 Å². The normalized spacial score (nSPS) is 27.4. The van der Waals surface area contributed by atoms with Crippen molar-refractivity contribution in [2.75, 3.05) is 0 Å². The molecule has 3 heteroatoms. The minimum Gasteiger partial charge on any atom is -0.350 e. The van der Waals surface area contributed by atoms with Gasteiger partial charge in [0, 0.05) is 19.4 Å². The summed E-state index contributed by atoms with van der Waals surface area (Å²) in [5.74, 6) is 0. The highest BCUT2D eigenvalue weighted by Crippen LogP contribution is 2.39. The minimum absolute atomic E-state index is 0.0727. The summed E-state index contributed by atoms with van der Waals surface area (Å²) in [5, 5.41) is 4.26. The van der Waals surface area contributed by atoms with E-state index in [2.05, 4.69) is 49.4 Å². The van der Waals surface area contributed by atoms with Crippen molar-refractivity contribution in [3.8, 4) is 0 Å². The molecule has 20 heavy (non-hydrogen) atoms. The van der Waals surface area contributed by atoms with Crippen LogP contribution >= 0.6 is 21.4 Å². The van der Waals surface area contributed by atoms with E-state index in [4.69, 9.17) is 17.2 Å². The number of benzene rings is 2. The zero-order valence-corrected chi connectivity index (χ0v) is 13.7. The van der Waals surface area contributed by atoms with Gasteiger partial charge >= 0.3 is 0 Å². The van der Waals surface area contributed by atoms with E-state index < -0.39 is 0 Å². The average Bonchev–Trinajstić information content (AvgIpc) is 2.48. The van der Waals surface area contributed by atoms with Crippen molar-refractivity contribution in [1.29, 1.82) is 0 Å². The lowest BCUT2D eigenvalue weighted by Crippen LogP contribution is -2.39. The van der Waals surface area contributed by atoms with Crippen LogP contribution in [0.15, 0.2) is 42.5 Å². The fourth-order valence-electron chi connectivity index (χ4n) is 2.89. The van der Waals surface area contributed by atoms with Crippen LogP contribution in [0.3, 0.4) is 0 Å². The molecule has 0 amide bonds. The van der Waals surface area contributed by atoms with Crippen molar-refractivity contribution in [2.45, 2.75) is 43.5 Å². The molecule has 1 aliphatic rings. The molecule has 1 saturated carbocycles. The summed E-state index contributed by atoms with van der Waals surface area (Å²) in [6.07, 6.45) is 4.83. The van der Waals surface area contributed by atoms with Crippen LogP contribution in [0.4, 0.5) is 0 Å². The molecule has 3 rings (SSSR count). The SMILES string of the molecule is CC1(OPc2cccc3ccccc23)CCCCC1S. The molecule has 106 valence electrons. The molecule has 0 N–H and O–H groups in total. The van der Waals surface area contributed by atoms with Crippen LogP contribution in [0.2, 0.25) is 0 Å². The summed E-state index contributed by atoms with van der Waals surface area (Å²) in [7, 11) is 0.397. The summed E-state index contributed by atoms with van der Waals surface area (Å²) in [5.41, 5.74) is -0.0727. The van der Waals surface area contributed by atoms with Crippen LogP contribution in [0.5, 0.6) is 0 Å². The van der Waals surface area contributed by atoms with Crippen LogP contribution in [-0.2, 0) is 4.52 Å². The summed E-state index contributed by atoms with van der Waals surface area (Å²) in [6.45, 7) is 2.22. The predicted molar refractivity (Wildman–Crippen MR) is 92.6 cm³/mol. The van der Waals surface area contributed by atoms with Crippen molar-refractivity contribution in [3.05, 3.63) is 42.5 Å². The molecular formula is C17H21OPS. The van der Waals surface area contributed by atoms with Crippen LogP contribution in [0, 0.1) is 0 Å². The topological polar surface area (TPSA) is 9.23 Å². The van der Waals surface area contributed by atoms with E-state index in [1.54, 1.807) is 0 Å². The quantitative estimate of drug-likeness (QED) is 0.638. The molecule has 0 heterocycles. The molecule has 0 bridgehead atoms. The third-order valence-electron chi connectivity index (χ3n) is 4.29. The van der Waals surface area contributed by atoms with Crippen LogP contribution in [0.1, 0.15) is 32.6 Å². The van der Waals surface area contributed by atoms with E-state index in [9.17, 15) is 0 Å². The second-order valence-electron chi connectivity index (χ2n) is 5.81. The van der Waals surface area contributed by atoms with E-state index in [-0.39, 0.29) is 5.60 Å². The zero-order valence-electron chi connectivity index (χ0n) is 11.8. The maximum atomic E-state index is 6.33. The van der Waals surface area contributed by atoms with Gasteiger partial charge in [0.1, 0.15) is 0 Å². The molecule has 0 aliphatic heterocycles. The smallest absolute Gasteiger partial charge is 0.0813 e. The summed E-state index contributed by atoms with van der Waals surface area (Å²) in [6, 6.07) is 15.0. The van der Waals surface area contributed by atoms with Gasteiger partial charge in [-0.15, -0.1) is 0 Å². The first kappa shape index (κ1) is 14.4. The van der Waals surface area contributed by atoms with Crippen LogP contribution in [0.25, 0.3) is 10.8 Å². The Balaban J connectivity index is 1.80. The minimum atomic E-state index is -0.0727. The molecule has 0 aromatic heterocycles. The fraction of sp³-hybridized carbons (Fsp3) is 0.412. The Kier molecular flexibility index (Phi) is 4.35. The fourth-order valence-corrected chi connectivity index (χ4v) is 4.44. The summed E-state index contributed by atoms with van der Waals surface area (Å²) >= 11 is 4.74. The molecule has 0 radical (unpaired) electrons. The molecule has 3 unspecified atom stereocenters. The summed E-state index contributed by atoms with van der Waals surface area (Å²) < 4.78 is 6.33. The number of hydrogen-bond donors (Lipinski definition) is 1. The molecule has 1 fully saturated rings. The zero-order chi connectivity index (χ0) is 14.0. The number of rotatable bonds is 3. The van der Waals surface area contributed by atoms with E-state index in [1.807, 2.05) is 0 Å². The Labute approximate surface area is 128 Å². The van der Waals surface area contributed by atoms with Crippen molar-refractivity contribution >= 4 is 37.5 Å². The molecule has 3 atom stereocenters. The van der Waals surface area contributed by atoms with Gasteiger partial charge in [0.2, 0.25) is 0 Å². The number of fused-ring (bicyclic) bond motifs is 1. The largest absolute Gasteiger partial charge is 0.350 e.